The van der Waals surface area contributed by atoms with E-state index in [4.69, 9.17) is 4.74 Å². The number of carbonyl (C=O) groups excluding carboxylic acids is 1. The summed E-state index contributed by atoms with van der Waals surface area (Å²) in [6, 6.07) is 0. The predicted molar refractivity (Wildman–Crippen MR) is 52.6 cm³/mol. The first kappa shape index (κ1) is 11.1. The van der Waals surface area contributed by atoms with Crippen LogP contribution in [-0.4, -0.2) is 25.3 Å². The van der Waals surface area contributed by atoms with E-state index in [1.54, 1.807) is 6.92 Å². The van der Waals surface area contributed by atoms with E-state index in [-0.39, 0.29) is 6.10 Å². The van der Waals surface area contributed by atoms with Gasteiger partial charge in [0.05, 0.1) is 12.7 Å². The van der Waals surface area contributed by atoms with Gasteiger partial charge in [-0.15, -0.1) is 0 Å². The van der Waals surface area contributed by atoms with Crippen LogP contribution in [0, 0.1) is 11.8 Å². The lowest BCUT2D eigenvalue weighted by Crippen LogP contribution is -2.18. The molecule has 1 unspecified atom stereocenters. The monoisotopic (exact) mass is 196 g/mol. The number of hydrogen-bond donors (Lipinski definition) is 0. The molecule has 1 rings (SSSR count). The molecular weight excluding hydrogens is 180 g/mol. The summed E-state index contributed by atoms with van der Waals surface area (Å²) in [5.74, 6) is 4.79. The van der Waals surface area contributed by atoms with Crippen molar-refractivity contribution in [1.29, 1.82) is 0 Å². The SMILES string of the molecule is CCOC(=O)C#CCC1CCCCO1. The maximum atomic E-state index is 10.8. The Hall–Kier alpha value is -1.01. The Balaban J connectivity index is 2.20. The van der Waals surface area contributed by atoms with Gasteiger partial charge in [0, 0.05) is 18.9 Å². The molecule has 0 spiro atoms. The van der Waals surface area contributed by atoms with E-state index in [0.717, 1.165) is 19.4 Å². The number of hydrogen-bond acceptors (Lipinski definition) is 3. The molecule has 0 aromatic rings. The summed E-state index contributed by atoms with van der Waals surface area (Å²) in [7, 11) is 0. The van der Waals surface area contributed by atoms with Crippen molar-refractivity contribution in [2.45, 2.75) is 38.7 Å². The Morgan fingerprint density at radius 3 is 3.07 bits per heavy atom. The average Bonchev–Trinajstić information content (AvgIpc) is 2.20. The fourth-order valence-electron chi connectivity index (χ4n) is 1.37. The van der Waals surface area contributed by atoms with Crippen molar-refractivity contribution >= 4 is 5.97 Å². The lowest BCUT2D eigenvalue weighted by atomic mass is 10.1. The number of carbonyl (C=O) groups is 1. The molecule has 14 heavy (non-hydrogen) atoms. The van der Waals surface area contributed by atoms with E-state index in [1.165, 1.54) is 6.42 Å². The van der Waals surface area contributed by atoms with Crippen LogP contribution in [-0.2, 0) is 14.3 Å². The Bertz CT molecular complexity index is 231. The molecule has 1 saturated heterocycles. The number of esters is 1. The van der Waals surface area contributed by atoms with Crippen molar-refractivity contribution in [3.63, 3.8) is 0 Å². The lowest BCUT2D eigenvalue weighted by molar-refractivity contribution is -0.136. The second kappa shape index (κ2) is 6.44. The van der Waals surface area contributed by atoms with Gasteiger partial charge in [-0.05, 0) is 26.2 Å². The first-order valence-electron chi connectivity index (χ1n) is 5.10. The summed E-state index contributed by atoms with van der Waals surface area (Å²) in [4.78, 5) is 10.8. The van der Waals surface area contributed by atoms with E-state index >= 15 is 0 Å². The Kier molecular flexibility index (Phi) is 5.09. The molecule has 0 saturated carbocycles. The van der Waals surface area contributed by atoms with Gasteiger partial charge >= 0.3 is 5.97 Å². The number of ether oxygens (including phenoxy) is 2. The van der Waals surface area contributed by atoms with Gasteiger partial charge in [0.2, 0.25) is 0 Å². The third kappa shape index (κ3) is 4.29. The average molecular weight is 196 g/mol. The Morgan fingerprint density at radius 2 is 2.43 bits per heavy atom. The molecule has 0 bridgehead atoms. The highest BCUT2D eigenvalue weighted by Crippen LogP contribution is 2.14. The first-order valence-corrected chi connectivity index (χ1v) is 5.10. The second-order valence-corrected chi connectivity index (χ2v) is 3.21. The van der Waals surface area contributed by atoms with Crippen LogP contribution in [0.1, 0.15) is 32.6 Å². The highest BCUT2D eigenvalue weighted by molar-refractivity contribution is 5.88. The summed E-state index contributed by atoms with van der Waals surface area (Å²) < 4.78 is 10.1. The van der Waals surface area contributed by atoms with Crippen LogP contribution in [0.2, 0.25) is 0 Å². The van der Waals surface area contributed by atoms with Gasteiger partial charge in [0.1, 0.15) is 0 Å². The Labute approximate surface area is 84.8 Å². The van der Waals surface area contributed by atoms with Crippen molar-refractivity contribution < 1.29 is 14.3 Å². The van der Waals surface area contributed by atoms with E-state index in [1.807, 2.05) is 0 Å². The van der Waals surface area contributed by atoms with Crippen LogP contribution in [0.5, 0.6) is 0 Å². The fraction of sp³-hybridized carbons (Fsp3) is 0.727. The van der Waals surface area contributed by atoms with Crippen LogP contribution in [0.4, 0.5) is 0 Å². The van der Waals surface area contributed by atoms with Crippen molar-refractivity contribution in [2.75, 3.05) is 13.2 Å². The van der Waals surface area contributed by atoms with E-state index in [2.05, 4.69) is 16.6 Å². The molecule has 0 radical (unpaired) electrons. The molecule has 0 aliphatic carbocycles. The van der Waals surface area contributed by atoms with Crippen LogP contribution in [0.15, 0.2) is 0 Å². The quantitative estimate of drug-likeness (QED) is 0.381. The van der Waals surface area contributed by atoms with Gasteiger partial charge in [0.15, 0.2) is 0 Å². The molecule has 3 heteroatoms. The fourth-order valence-corrected chi connectivity index (χ4v) is 1.37. The number of rotatable bonds is 2. The third-order valence-electron chi connectivity index (χ3n) is 2.07. The van der Waals surface area contributed by atoms with Gasteiger partial charge in [-0.25, -0.2) is 4.79 Å². The summed E-state index contributed by atoms with van der Waals surface area (Å²) in [6.07, 6.45) is 4.25. The minimum absolute atomic E-state index is 0.214. The molecule has 78 valence electrons. The second-order valence-electron chi connectivity index (χ2n) is 3.21. The Morgan fingerprint density at radius 1 is 1.57 bits per heavy atom. The molecule has 1 heterocycles. The molecular formula is C11H16O3. The van der Waals surface area contributed by atoms with Crippen molar-refractivity contribution in [3.05, 3.63) is 0 Å². The van der Waals surface area contributed by atoms with Crippen LogP contribution in [0.25, 0.3) is 0 Å². The zero-order valence-electron chi connectivity index (χ0n) is 8.54. The van der Waals surface area contributed by atoms with E-state index in [0.29, 0.717) is 13.0 Å². The van der Waals surface area contributed by atoms with Gasteiger partial charge < -0.3 is 9.47 Å². The highest BCUT2D eigenvalue weighted by atomic mass is 16.5. The normalized spacial score (nSPS) is 20.8. The molecule has 0 N–H and O–H groups in total. The summed E-state index contributed by atoms with van der Waals surface area (Å²) >= 11 is 0. The predicted octanol–water partition coefficient (Wildman–Crippen LogP) is 1.51. The van der Waals surface area contributed by atoms with Crippen LogP contribution < -0.4 is 0 Å². The molecule has 0 aromatic carbocycles. The van der Waals surface area contributed by atoms with Crippen molar-refractivity contribution in [1.82, 2.24) is 0 Å². The minimum atomic E-state index is -0.441. The molecule has 0 amide bonds. The van der Waals surface area contributed by atoms with Crippen molar-refractivity contribution in [2.24, 2.45) is 0 Å². The van der Waals surface area contributed by atoms with Crippen LogP contribution >= 0.6 is 0 Å². The van der Waals surface area contributed by atoms with E-state index < -0.39 is 5.97 Å². The minimum Gasteiger partial charge on any atom is -0.456 e. The largest absolute Gasteiger partial charge is 0.456 e. The summed E-state index contributed by atoms with van der Waals surface area (Å²) in [5.41, 5.74) is 0. The first-order chi connectivity index (χ1) is 6.83. The van der Waals surface area contributed by atoms with E-state index in [9.17, 15) is 4.79 Å². The third-order valence-corrected chi connectivity index (χ3v) is 2.07. The van der Waals surface area contributed by atoms with Gasteiger partial charge in [-0.1, -0.05) is 5.92 Å². The molecule has 0 aromatic heterocycles. The molecule has 1 atom stereocenters. The maximum absolute atomic E-state index is 10.8. The summed E-state index contributed by atoms with van der Waals surface area (Å²) in [5, 5.41) is 0. The maximum Gasteiger partial charge on any atom is 0.384 e. The zero-order chi connectivity index (χ0) is 10.2. The zero-order valence-corrected chi connectivity index (χ0v) is 8.54. The van der Waals surface area contributed by atoms with Gasteiger partial charge in [0.25, 0.3) is 0 Å². The molecule has 1 aliphatic rings. The smallest absolute Gasteiger partial charge is 0.384 e. The molecule has 3 nitrogen and oxygen atoms in total. The molecule has 1 fully saturated rings. The topological polar surface area (TPSA) is 35.5 Å². The lowest BCUT2D eigenvalue weighted by Gasteiger charge is -2.20. The highest BCUT2D eigenvalue weighted by Gasteiger charge is 2.11. The van der Waals surface area contributed by atoms with Crippen LogP contribution in [0.3, 0.4) is 0 Å². The van der Waals surface area contributed by atoms with Gasteiger partial charge in [-0.3, -0.25) is 0 Å². The molecule has 1 aliphatic heterocycles. The summed E-state index contributed by atoms with van der Waals surface area (Å²) in [6.45, 7) is 2.98. The van der Waals surface area contributed by atoms with Crippen molar-refractivity contribution in [3.8, 4) is 11.8 Å². The van der Waals surface area contributed by atoms with Gasteiger partial charge in [-0.2, -0.15) is 0 Å². The standard InChI is InChI=1S/C11H16O3/c1-2-13-11(12)8-5-7-10-6-3-4-9-14-10/h10H,2-4,6-7,9H2,1H3.